The van der Waals surface area contributed by atoms with E-state index in [-0.39, 0.29) is 18.2 Å². The van der Waals surface area contributed by atoms with Gasteiger partial charge < -0.3 is 20.9 Å². The fourth-order valence-electron chi connectivity index (χ4n) is 2.74. The Morgan fingerprint density at radius 1 is 1.22 bits per heavy atom. The molecule has 0 aliphatic rings. The lowest BCUT2D eigenvalue weighted by molar-refractivity contribution is -0.138. The van der Waals surface area contributed by atoms with Gasteiger partial charge in [0.05, 0.1) is 6.61 Å². The smallest absolute Gasteiger partial charge is 0.330 e. The Balaban J connectivity index is 0.00000364. The van der Waals surface area contributed by atoms with Gasteiger partial charge in [0.2, 0.25) is 0 Å². The Kier molecular flexibility index (Phi) is 8.62. The average Bonchev–Trinajstić information content (AvgIpc) is 2.60. The molecule has 0 aliphatic heterocycles. The van der Waals surface area contributed by atoms with Crippen LogP contribution in [0.4, 0.5) is 5.69 Å². The molecule has 5 N–H and O–H groups in total. The Labute approximate surface area is 165 Å². The van der Waals surface area contributed by atoms with Crippen molar-refractivity contribution in [1.82, 2.24) is 0 Å². The minimum Gasteiger partial charge on any atom is -0.494 e. The van der Waals surface area contributed by atoms with Gasteiger partial charge in [0, 0.05) is 11.3 Å². The molecule has 1 atom stereocenters. The summed E-state index contributed by atoms with van der Waals surface area (Å²) in [6.07, 6.45) is 1.82. The molecule has 27 heavy (non-hydrogen) atoms. The van der Waals surface area contributed by atoms with E-state index >= 15 is 0 Å². The average molecular weight is 392 g/mol. The molecule has 0 fully saturated rings. The van der Waals surface area contributed by atoms with Crippen molar-refractivity contribution in [2.24, 2.45) is 5.73 Å². The maximum atomic E-state index is 11.9. The quantitative estimate of drug-likeness (QED) is 0.382. The number of nitrogens with one attached hydrogen (secondary N) is 2. The second-order valence-corrected chi connectivity index (χ2v) is 6.00. The lowest BCUT2D eigenvalue weighted by Gasteiger charge is -2.19. The first kappa shape index (κ1) is 22.3. The van der Waals surface area contributed by atoms with Gasteiger partial charge in [-0.15, -0.1) is 12.4 Å². The molecule has 0 saturated heterocycles. The SMILES string of the molecule is CCCc1cc(OCC)cc(C(Nc2ccc(C(=N)N)cc2)C(=O)O)c1.Cl. The number of hydrogen-bond acceptors (Lipinski definition) is 4. The second kappa shape index (κ2) is 10.4. The highest BCUT2D eigenvalue weighted by molar-refractivity contribution is 5.95. The van der Waals surface area contributed by atoms with Gasteiger partial charge in [-0.25, -0.2) is 4.79 Å². The zero-order chi connectivity index (χ0) is 19.1. The van der Waals surface area contributed by atoms with Crippen LogP contribution in [0, 0.1) is 5.41 Å². The molecular weight excluding hydrogens is 366 g/mol. The van der Waals surface area contributed by atoms with Crippen LogP contribution in [-0.4, -0.2) is 23.5 Å². The first-order valence-corrected chi connectivity index (χ1v) is 8.65. The summed E-state index contributed by atoms with van der Waals surface area (Å²) in [6, 6.07) is 11.5. The molecule has 0 aliphatic carbocycles. The highest BCUT2D eigenvalue weighted by atomic mass is 35.5. The summed E-state index contributed by atoms with van der Waals surface area (Å²) in [5.74, 6) is -0.329. The maximum absolute atomic E-state index is 11.9. The van der Waals surface area contributed by atoms with Gasteiger partial charge in [-0.3, -0.25) is 5.41 Å². The number of carboxylic acid groups (broad SMARTS) is 1. The lowest BCUT2D eigenvalue weighted by atomic mass is 10.0. The number of aryl methyl sites for hydroxylation is 1. The van der Waals surface area contributed by atoms with Crippen LogP contribution in [0.25, 0.3) is 0 Å². The number of rotatable bonds is 9. The van der Waals surface area contributed by atoms with Crippen molar-refractivity contribution in [3.63, 3.8) is 0 Å². The number of hydrogen-bond donors (Lipinski definition) is 4. The minimum absolute atomic E-state index is 0. The Morgan fingerprint density at radius 2 is 1.89 bits per heavy atom. The summed E-state index contributed by atoms with van der Waals surface area (Å²) in [7, 11) is 0. The number of carbonyl (C=O) groups is 1. The van der Waals surface area contributed by atoms with Gasteiger partial charge in [0.1, 0.15) is 11.6 Å². The van der Waals surface area contributed by atoms with Crippen molar-refractivity contribution in [1.29, 1.82) is 5.41 Å². The van der Waals surface area contributed by atoms with Crippen LogP contribution < -0.4 is 15.8 Å². The molecule has 7 heteroatoms. The van der Waals surface area contributed by atoms with Crippen molar-refractivity contribution in [2.75, 3.05) is 11.9 Å². The lowest BCUT2D eigenvalue weighted by Crippen LogP contribution is -2.21. The first-order valence-electron chi connectivity index (χ1n) is 8.65. The summed E-state index contributed by atoms with van der Waals surface area (Å²) < 4.78 is 5.60. The largest absolute Gasteiger partial charge is 0.494 e. The molecular formula is C20H26ClN3O3. The first-order chi connectivity index (χ1) is 12.4. The van der Waals surface area contributed by atoms with Crippen LogP contribution >= 0.6 is 12.4 Å². The fourth-order valence-corrected chi connectivity index (χ4v) is 2.74. The van der Waals surface area contributed by atoms with Crippen molar-refractivity contribution < 1.29 is 14.6 Å². The maximum Gasteiger partial charge on any atom is 0.330 e. The van der Waals surface area contributed by atoms with Crippen molar-refractivity contribution >= 4 is 29.9 Å². The summed E-state index contributed by atoms with van der Waals surface area (Å²) in [5.41, 5.74) is 8.37. The van der Waals surface area contributed by atoms with Crippen molar-refractivity contribution in [3.05, 3.63) is 59.2 Å². The summed E-state index contributed by atoms with van der Waals surface area (Å²) in [5, 5.41) is 20.2. The van der Waals surface area contributed by atoms with E-state index < -0.39 is 12.0 Å². The molecule has 0 saturated carbocycles. The van der Waals surface area contributed by atoms with E-state index in [0.717, 1.165) is 18.4 Å². The van der Waals surface area contributed by atoms with Crippen molar-refractivity contribution in [2.45, 2.75) is 32.7 Å². The predicted octanol–water partition coefficient (Wildman–Crippen LogP) is 3.98. The number of benzene rings is 2. The molecule has 1 unspecified atom stereocenters. The van der Waals surface area contributed by atoms with Crippen LogP contribution in [0.15, 0.2) is 42.5 Å². The monoisotopic (exact) mass is 391 g/mol. The number of aliphatic carboxylic acids is 1. The molecule has 0 bridgehead atoms. The van der Waals surface area contributed by atoms with E-state index in [9.17, 15) is 9.90 Å². The van der Waals surface area contributed by atoms with E-state index in [1.807, 2.05) is 19.1 Å². The number of anilines is 1. The van der Waals surface area contributed by atoms with E-state index in [1.54, 1.807) is 30.3 Å². The third-order valence-electron chi connectivity index (χ3n) is 3.93. The Morgan fingerprint density at radius 3 is 2.41 bits per heavy atom. The Hall–Kier alpha value is -2.73. The minimum atomic E-state index is -0.975. The summed E-state index contributed by atoms with van der Waals surface area (Å²) in [4.78, 5) is 11.9. The highest BCUT2D eigenvalue weighted by Crippen LogP contribution is 2.26. The third kappa shape index (κ3) is 6.18. The standard InChI is InChI=1S/C20H25N3O3.ClH/c1-3-5-13-10-15(12-17(11-13)26-4-2)18(20(24)25)23-16-8-6-14(7-9-16)19(21)22;/h6-12,18,23H,3-5H2,1-2H3,(H3,21,22)(H,24,25);1H. The number of nitrogen functional groups attached to an aromatic ring is 1. The van der Waals surface area contributed by atoms with Gasteiger partial charge >= 0.3 is 5.97 Å². The number of amidine groups is 1. The van der Waals surface area contributed by atoms with E-state index in [4.69, 9.17) is 15.9 Å². The zero-order valence-corrected chi connectivity index (χ0v) is 16.3. The van der Waals surface area contributed by atoms with Gasteiger partial charge in [-0.1, -0.05) is 19.4 Å². The molecule has 0 amide bonds. The van der Waals surface area contributed by atoms with Gasteiger partial charge in [-0.2, -0.15) is 0 Å². The zero-order valence-electron chi connectivity index (χ0n) is 15.5. The van der Waals surface area contributed by atoms with Crippen LogP contribution in [-0.2, 0) is 11.2 Å². The molecule has 2 rings (SSSR count). The van der Waals surface area contributed by atoms with Gasteiger partial charge in [-0.05, 0) is 60.9 Å². The molecule has 0 aromatic heterocycles. The molecule has 146 valence electrons. The topological polar surface area (TPSA) is 108 Å². The molecule has 6 nitrogen and oxygen atoms in total. The Bertz CT molecular complexity index is 754. The van der Waals surface area contributed by atoms with Gasteiger partial charge in [0.15, 0.2) is 6.04 Å². The fraction of sp³-hybridized carbons (Fsp3) is 0.300. The number of halogens is 1. The molecule has 0 heterocycles. The predicted molar refractivity (Wildman–Crippen MR) is 110 cm³/mol. The number of ether oxygens (including phenoxy) is 1. The van der Waals surface area contributed by atoms with Crippen molar-refractivity contribution in [3.8, 4) is 5.75 Å². The molecule has 2 aromatic rings. The van der Waals surface area contributed by atoms with Crippen LogP contribution in [0.3, 0.4) is 0 Å². The van der Waals surface area contributed by atoms with Crippen LogP contribution in [0.1, 0.15) is 43.0 Å². The third-order valence-corrected chi connectivity index (χ3v) is 3.93. The molecule has 0 spiro atoms. The van der Waals surface area contributed by atoms with E-state index in [2.05, 4.69) is 12.2 Å². The normalized spacial score (nSPS) is 11.2. The number of carboxylic acids is 1. The summed E-state index contributed by atoms with van der Waals surface area (Å²) >= 11 is 0. The van der Waals surface area contributed by atoms with Crippen LogP contribution in [0.5, 0.6) is 5.75 Å². The van der Waals surface area contributed by atoms with E-state index in [1.165, 1.54) is 0 Å². The van der Waals surface area contributed by atoms with Crippen LogP contribution in [0.2, 0.25) is 0 Å². The number of nitrogens with two attached hydrogens (primary N) is 1. The van der Waals surface area contributed by atoms with Gasteiger partial charge in [0.25, 0.3) is 0 Å². The second-order valence-electron chi connectivity index (χ2n) is 6.00. The molecule has 2 aromatic carbocycles. The van der Waals surface area contributed by atoms with E-state index in [0.29, 0.717) is 29.2 Å². The summed E-state index contributed by atoms with van der Waals surface area (Å²) in [6.45, 7) is 4.50. The highest BCUT2D eigenvalue weighted by Gasteiger charge is 2.21. The molecule has 0 radical (unpaired) electrons.